The van der Waals surface area contributed by atoms with Crippen molar-refractivity contribution in [2.24, 2.45) is 0 Å². The SMILES string of the molecule is C=CCN(CC=C)C(=O)COC(=O)c1ccc2ccccc2c1. The van der Waals surface area contributed by atoms with E-state index in [0.717, 1.165) is 10.8 Å². The number of carbonyl (C=O) groups is 2. The first-order valence-corrected chi connectivity index (χ1v) is 7.31. The molecule has 118 valence electrons. The van der Waals surface area contributed by atoms with Crippen molar-refractivity contribution in [3.63, 3.8) is 0 Å². The van der Waals surface area contributed by atoms with Crippen molar-refractivity contribution < 1.29 is 14.3 Å². The standard InChI is InChI=1S/C19H19NO3/c1-3-11-20(12-4-2)18(21)14-23-19(22)17-10-9-15-7-5-6-8-16(15)13-17/h3-10,13H,1-2,11-12,14H2. The van der Waals surface area contributed by atoms with Crippen LogP contribution < -0.4 is 0 Å². The van der Waals surface area contributed by atoms with Gasteiger partial charge in [0, 0.05) is 13.1 Å². The van der Waals surface area contributed by atoms with E-state index < -0.39 is 5.97 Å². The van der Waals surface area contributed by atoms with Gasteiger partial charge >= 0.3 is 5.97 Å². The largest absolute Gasteiger partial charge is 0.452 e. The van der Waals surface area contributed by atoms with E-state index in [1.807, 2.05) is 30.3 Å². The maximum Gasteiger partial charge on any atom is 0.338 e. The molecule has 0 atom stereocenters. The molecule has 2 rings (SSSR count). The van der Waals surface area contributed by atoms with Gasteiger partial charge in [-0.15, -0.1) is 13.2 Å². The number of nitrogens with zero attached hydrogens (tertiary/aromatic N) is 1. The van der Waals surface area contributed by atoms with E-state index in [9.17, 15) is 9.59 Å². The van der Waals surface area contributed by atoms with Crippen LogP contribution in [-0.4, -0.2) is 36.5 Å². The molecule has 0 radical (unpaired) electrons. The number of rotatable bonds is 7. The lowest BCUT2D eigenvalue weighted by Gasteiger charge is -2.18. The van der Waals surface area contributed by atoms with Crippen LogP contribution in [0.4, 0.5) is 0 Å². The topological polar surface area (TPSA) is 46.6 Å². The summed E-state index contributed by atoms with van der Waals surface area (Å²) in [6.07, 6.45) is 3.24. The molecular formula is C19H19NO3. The van der Waals surface area contributed by atoms with Gasteiger partial charge in [0.05, 0.1) is 5.56 Å². The Morgan fingerprint density at radius 1 is 1.00 bits per heavy atom. The molecule has 0 heterocycles. The normalized spacial score (nSPS) is 10.1. The quantitative estimate of drug-likeness (QED) is 0.583. The highest BCUT2D eigenvalue weighted by Gasteiger charge is 2.14. The number of fused-ring (bicyclic) bond motifs is 1. The Bertz CT molecular complexity index is 726. The maximum atomic E-state index is 12.1. The summed E-state index contributed by atoms with van der Waals surface area (Å²) < 4.78 is 5.11. The minimum atomic E-state index is -0.513. The zero-order valence-corrected chi connectivity index (χ0v) is 12.9. The van der Waals surface area contributed by atoms with E-state index in [1.165, 1.54) is 4.90 Å². The van der Waals surface area contributed by atoms with E-state index in [2.05, 4.69) is 13.2 Å². The number of amides is 1. The first-order chi connectivity index (χ1) is 11.2. The number of esters is 1. The van der Waals surface area contributed by atoms with Gasteiger partial charge in [0.25, 0.3) is 5.91 Å². The Hall–Kier alpha value is -2.88. The van der Waals surface area contributed by atoms with Gasteiger partial charge < -0.3 is 9.64 Å². The molecule has 0 saturated heterocycles. The van der Waals surface area contributed by atoms with E-state index in [1.54, 1.807) is 24.3 Å². The summed E-state index contributed by atoms with van der Waals surface area (Å²) in [5.74, 6) is -0.791. The van der Waals surface area contributed by atoms with Gasteiger partial charge in [-0.1, -0.05) is 42.5 Å². The Balaban J connectivity index is 2.01. The molecule has 0 spiro atoms. The van der Waals surface area contributed by atoms with Crippen molar-refractivity contribution >= 4 is 22.6 Å². The number of hydrogen-bond donors (Lipinski definition) is 0. The number of hydrogen-bond acceptors (Lipinski definition) is 3. The van der Waals surface area contributed by atoms with Gasteiger partial charge in [-0.05, 0) is 22.9 Å². The van der Waals surface area contributed by atoms with Gasteiger partial charge in [-0.3, -0.25) is 4.79 Å². The molecule has 0 aliphatic rings. The molecule has 0 aliphatic heterocycles. The molecule has 1 amide bonds. The van der Waals surface area contributed by atoms with Crippen LogP contribution in [0.1, 0.15) is 10.4 Å². The average molecular weight is 309 g/mol. The molecule has 23 heavy (non-hydrogen) atoms. The molecule has 2 aromatic rings. The fourth-order valence-corrected chi connectivity index (χ4v) is 2.21. The van der Waals surface area contributed by atoms with Gasteiger partial charge in [-0.2, -0.15) is 0 Å². The summed E-state index contributed by atoms with van der Waals surface area (Å²) in [5.41, 5.74) is 0.426. The highest BCUT2D eigenvalue weighted by molar-refractivity contribution is 5.96. The van der Waals surface area contributed by atoms with Crippen LogP contribution in [-0.2, 0) is 9.53 Å². The summed E-state index contributed by atoms with van der Waals surface area (Å²) in [7, 11) is 0. The lowest BCUT2D eigenvalue weighted by molar-refractivity contribution is -0.133. The summed E-state index contributed by atoms with van der Waals surface area (Å²) >= 11 is 0. The monoisotopic (exact) mass is 309 g/mol. The average Bonchev–Trinajstić information content (AvgIpc) is 2.58. The van der Waals surface area contributed by atoms with Crippen LogP contribution in [0.15, 0.2) is 67.8 Å². The lowest BCUT2D eigenvalue weighted by Crippen LogP contribution is -2.35. The number of carbonyl (C=O) groups excluding carboxylic acids is 2. The second-order valence-corrected chi connectivity index (χ2v) is 5.01. The Morgan fingerprint density at radius 3 is 2.30 bits per heavy atom. The van der Waals surface area contributed by atoms with Crippen LogP contribution in [0, 0.1) is 0 Å². The molecule has 2 aromatic carbocycles. The summed E-state index contributed by atoms with van der Waals surface area (Å²) in [6.45, 7) is 7.68. The van der Waals surface area contributed by atoms with Crippen LogP contribution >= 0.6 is 0 Å². The second kappa shape index (κ2) is 7.94. The third-order valence-corrected chi connectivity index (χ3v) is 3.36. The summed E-state index contributed by atoms with van der Waals surface area (Å²) in [6, 6.07) is 13.0. The molecule has 4 heteroatoms. The van der Waals surface area contributed by atoms with Gasteiger partial charge in [0.2, 0.25) is 0 Å². The zero-order chi connectivity index (χ0) is 16.7. The highest BCUT2D eigenvalue weighted by atomic mass is 16.5. The van der Waals surface area contributed by atoms with Crippen molar-refractivity contribution in [2.45, 2.75) is 0 Å². The van der Waals surface area contributed by atoms with Crippen molar-refractivity contribution in [1.82, 2.24) is 4.90 Å². The summed E-state index contributed by atoms with van der Waals surface area (Å²) in [5, 5.41) is 2.00. The first-order valence-electron chi connectivity index (χ1n) is 7.31. The van der Waals surface area contributed by atoms with Crippen LogP contribution in [0.3, 0.4) is 0 Å². The number of benzene rings is 2. The van der Waals surface area contributed by atoms with Gasteiger partial charge in [0.1, 0.15) is 0 Å². The molecule has 0 saturated carbocycles. The molecule has 0 unspecified atom stereocenters. The second-order valence-electron chi connectivity index (χ2n) is 5.01. The first kappa shape index (κ1) is 16.5. The lowest BCUT2D eigenvalue weighted by atomic mass is 10.1. The van der Waals surface area contributed by atoms with E-state index >= 15 is 0 Å². The molecule has 0 bridgehead atoms. The van der Waals surface area contributed by atoms with E-state index in [0.29, 0.717) is 18.7 Å². The summed E-state index contributed by atoms with van der Waals surface area (Å²) in [4.78, 5) is 25.6. The van der Waals surface area contributed by atoms with Crippen molar-refractivity contribution in [1.29, 1.82) is 0 Å². The van der Waals surface area contributed by atoms with Crippen LogP contribution in [0.25, 0.3) is 10.8 Å². The minimum absolute atomic E-state index is 0.279. The van der Waals surface area contributed by atoms with E-state index in [4.69, 9.17) is 4.74 Å². The molecule has 0 aromatic heterocycles. The van der Waals surface area contributed by atoms with Crippen molar-refractivity contribution in [3.8, 4) is 0 Å². The molecular weight excluding hydrogens is 290 g/mol. The maximum absolute atomic E-state index is 12.1. The van der Waals surface area contributed by atoms with Crippen molar-refractivity contribution in [3.05, 3.63) is 73.3 Å². The molecule has 4 nitrogen and oxygen atoms in total. The number of ether oxygens (including phenoxy) is 1. The molecule has 0 N–H and O–H groups in total. The van der Waals surface area contributed by atoms with Gasteiger partial charge in [0.15, 0.2) is 6.61 Å². The third-order valence-electron chi connectivity index (χ3n) is 3.36. The van der Waals surface area contributed by atoms with Crippen LogP contribution in [0.5, 0.6) is 0 Å². The van der Waals surface area contributed by atoms with Gasteiger partial charge in [-0.25, -0.2) is 4.79 Å². The molecule has 0 aliphatic carbocycles. The smallest absolute Gasteiger partial charge is 0.338 e. The molecule has 0 fully saturated rings. The Morgan fingerprint density at radius 2 is 1.65 bits per heavy atom. The highest BCUT2D eigenvalue weighted by Crippen LogP contribution is 2.16. The predicted molar refractivity (Wildman–Crippen MR) is 91.2 cm³/mol. The third kappa shape index (κ3) is 4.30. The fraction of sp³-hybridized carbons (Fsp3) is 0.158. The van der Waals surface area contributed by atoms with Crippen molar-refractivity contribution in [2.75, 3.05) is 19.7 Å². The zero-order valence-electron chi connectivity index (χ0n) is 12.9. The fourth-order valence-electron chi connectivity index (χ4n) is 2.21. The minimum Gasteiger partial charge on any atom is -0.452 e. The van der Waals surface area contributed by atoms with Crippen LogP contribution in [0.2, 0.25) is 0 Å². The Labute approximate surface area is 135 Å². The Kier molecular flexibility index (Phi) is 5.69. The predicted octanol–water partition coefficient (Wildman–Crippen LogP) is 3.20. The van der Waals surface area contributed by atoms with E-state index in [-0.39, 0.29) is 12.5 Å².